The van der Waals surface area contributed by atoms with Gasteiger partial charge in [0.05, 0.1) is 18.3 Å². The molecule has 1 saturated carbocycles. The van der Waals surface area contributed by atoms with E-state index in [0.717, 1.165) is 12.8 Å². The highest BCUT2D eigenvalue weighted by atomic mass is 16.5. The third-order valence-electron chi connectivity index (χ3n) is 1.51. The van der Waals surface area contributed by atoms with Crippen molar-refractivity contribution >= 4 is 0 Å². The molecule has 54 valence electrons. The topological polar surface area (TPSA) is 29.5 Å². The summed E-state index contributed by atoms with van der Waals surface area (Å²) in [6.07, 6.45) is 2.08. The van der Waals surface area contributed by atoms with E-state index in [1.165, 1.54) is 0 Å². The summed E-state index contributed by atoms with van der Waals surface area (Å²) in [5.74, 6) is 0. The van der Waals surface area contributed by atoms with Crippen LogP contribution in [0.2, 0.25) is 0 Å². The first-order valence-corrected chi connectivity index (χ1v) is 3.46. The molecule has 0 aliphatic heterocycles. The highest BCUT2D eigenvalue weighted by Gasteiger charge is 2.40. The van der Waals surface area contributed by atoms with Gasteiger partial charge in [0.2, 0.25) is 0 Å². The number of hydrogen-bond donors (Lipinski definition) is 1. The summed E-state index contributed by atoms with van der Waals surface area (Å²) in [7, 11) is 0. The first-order valence-electron chi connectivity index (χ1n) is 3.46. The van der Waals surface area contributed by atoms with Gasteiger partial charge in [0.1, 0.15) is 0 Å². The van der Waals surface area contributed by atoms with Gasteiger partial charge in [-0.15, -0.1) is 0 Å². The van der Waals surface area contributed by atoms with Crippen LogP contribution in [0.15, 0.2) is 0 Å². The van der Waals surface area contributed by atoms with Crippen molar-refractivity contribution in [2.24, 2.45) is 0 Å². The first kappa shape index (κ1) is 7.03. The van der Waals surface area contributed by atoms with Crippen molar-refractivity contribution in [2.75, 3.05) is 6.61 Å². The molecule has 0 unspecified atom stereocenters. The molecule has 0 aromatic carbocycles. The molecule has 1 aliphatic carbocycles. The van der Waals surface area contributed by atoms with E-state index < -0.39 is 5.60 Å². The van der Waals surface area contributed by atoms with E-state index in [-0.39, 0.29) is 6.10 Å². The minimum absolute atomic E-state index is 0.245. The first-order chi connectivity index (χ1) is 4.12. The van der Waals surface area contributed by atoms with Crippen LogP contribution in [-0.2, 0) is 4.74 Å². The molecule has 0 spiro atoms. The number of aliphatic hydroxyl groups is 1. The Labute approximate surface area is 55.8 Å². The highest BCUT2D eigenvalue weighted by Crippen LogP contribution is 2.35. The zero-order chi connectivity index (χ0) is 6.91. The summed E-state index contributed by atoms with van der Waals surface area (Å²) in [5, 5.41) is 9.25. The lowest BCUT2D eigenvalue weighted by molar-refractivity contribution is -0.00758. The fraction of sp³-hybridized carbons (Fsp3) is 1.00. The second-order valence-corrected chi connectivity index (χ2v) is 3.08. The fourth-order valence-corrected chi connectivity index (χ4v) is 0.610. The van der Waals surface area contributed by atoms with Crippen molar-refractivity contribution in [3.8, 4) is 0 Å². The Morgan fingerprint density at radius 3 is 2.44 bits per heavy atom. The Kier molecular flexibility index (Phi) is 1.78. The largest absolute Gasteiger partial charge is 0.387 e. The molecule has 0 amide bonds. The summed E-state index contributed by atoms with van der Waals surface area (Å²) in [5.41, 5.74) is -0.440. The van der Waals surface area contributed by atoms with Gasteiger partial charge in [-0.3, -0.25) is 0 Å². The van der Waals surface area contributed by atoms with Gasteiger partial charge in [-0.25, -0.2) is 0 Å². The van der Waals surface area contributed by atoms with E-state index in [0.29, 0.717) is 6.61 Å². The summed E-state index contributed by atoms with van der Waals surface area (Å²) in [6.45, 7) is 4.47. The molecule has 0 saturated heterocycles. The van der Waals surface area contributed by atoms with Crippen molar-refractivity contribution in [2.45, 2.75) is 38.4 Å². The molecule has 0 aromatic rings. The van der Waals surface area contributed by atoms with Crippen LogP contribution in [0.25, 0.3) is 0 Å². The lowest BCUT2D eigenvalue weighted by atomic mass is 10.4. The van der Waals surface area contributed by atoms with Crippen LogP contribution in [0.5, 0.6) is 0 Å². The zero-order valence-corrected chi connectivity index (χ0v) is 6.05. The maximum Gasteiger partial charge on any atom is 0.0882 e. The third kappa shape index (κ3) is 2.33. The summed E-state index contributed by atoms with van der Waals surface area (Å²) >= 11 is 0. The molecule has 2 nitrogen and oxygen atoms in total. The van der Waals surface area contributed by atoms with E-state index >= 15 is 0 Å². The molecule has 0 bridgehead atoms. The van der Waals surface area contributed by atoms with Gasteiger partial charge in [0.25, 0.3) is 0 Å². The molecule has 1 N–H and O–H groups in total. The van der Waals surface area contributed by atoms with E-state index in [1.807, 2.05) is 13.8 Å². The van der Waals surface area contributed by atoms with Crippen LogP contribution < -0.4 is 0 Å². The van der Waals surface area contributed by atoms with Gasteiger partial charge in [0.15, 0.2) is 0 Å². The average Bonchev–Trinajstić information content (AvgIpc) is 2.45. The lowest BCUT2D eigenvalue weighted by Crippen LogP contribution is -2.19. The summed E-state index contributed by atoms with van der Waals surface area (Å²) in [6, 6.07) is 0. The van der Waals surface area contributed by atoms with Crippen LogP contribution in [0.4, 0.5) is 0 Å². The smallest absolute Gasteiger partial charge is 0.0882 e. The second-order valence-electron chi connectivity index (χ2n) is 3.08. The Morgan fingerprint density at radius 1 is 1.56 bits per heavy atom. The van der Waals surface area contributed by atoms with Crippen LogP contribution >= 0.6 is 0 Å². The molecular weight excluding hydrogens is 116 g/mol. The number of rotatable bonds is 3. The SMILES string of the molecule is CC(C)OCC1(O)CC1. The van der Waals surface area contributed by atoms with E-state index in [1.54, 1.807) is 0 Å². The Morgan fingerprint density at radius 2 is 2.11 bits per heavy atom. The van der Waals surface area contributed by atoms with Crippen LogP contribution in [-0.4, -0.2) is 23.4 Å². The quantitative estimate of drug-likeness (QED) is 0.616. The Bertz CT molecular complexity index is 95.1. The number of ether oxygens (including phenoxy) is 1. The van der Waals surface area contributed by atoms with Gasteiger partial charge in [-0.05, 0) is 26.7 Å². The van der Waals surface area contributed by atoms with Gasteiger partial charge in [-0.2, -0.15) is 0 Å². The van der Waals surface area contributed by atoms with Crippen LogP contribution in [0.1, 0.15) is 26.7 Å². The average molecular weight is 130 g/mol. The molecule has 1 rings (SSSR count). The minimum Gasteiger partial charge on any atom is -0.387 e. The molecule has 2 heteroatoms. The van der Waals surface area contributed by atoms with Gasteiger partial charge in [-0.1, -0.05) is 0 Å². The normalized spacial score (nSPS) is 22.7. The molecule has 1 aliphatic rings. The summed E-state index contributed by atoms with van der Waals surface area (Å²) < 4.78 is 5.22. The standard InChI is InChI=1S/C7H14O2/c1-6(2)9-5-7(8)3-4-7/h6,8H,3-5H2,1-2H3. The molecule has 0 aromatic heterocycles. The van der Waals surface area contributed by atoms with Crippen molar-refractivity contribution in [3.05, 3.63) is 0 Å². The summed E-state index contributed by atoms with van der Waals surface area (Å²) in [4.78, 5) is 0. The second kappa shape index (κ2) is 2.27. The predicted octanol–water partition coefficient (Wildman–Crippen LogP) is 0.936. The van der Waals surface area contributed by atoms with E-state index in [2.05, 4.69) is 0 Å². The molecular formula is C7H14O2. The van der Waals surface area contributed by atoms with Crippen LogP contribution in [0, 0.1) is 0 Å². The van der Waals surface area contributed by atoms with Crippen molar-refractivity contribution in [1.29, 1.82) is 0 Å². The van der Waals surface area contributed by atoms with Gasteiger partial charge >= 0.3 is 0 Å². The monoisotopic (exact) mass is 130 g/mol. The maximum atomic E-state index is 9.25. The molecule has 1 fully saturated rings. The highest BCUT2D eigenvalue weighted by molar-refractivity contribution is 4.93. The minimum atomic E-state index is -0.440. The zero-order valence-electron chi connectivity index (χ0n) is 6.05. The lowest BCUT2D eigenvalue weighted by Gasteiger charge is -2.10. The Hall–Kier alpha value is -0.0800. The van der Waals surface area contributed by atoms with Crippen molar-refractivity contribution in [3.63, 3.8) is 0 Å². The molecule has 0 atom stereocenters. The van der Waals surface area contributed by atoms with Crippen LogP contribution in [0.3, 0.4) is 0 Å². The van der Waals surface area contributed by atoms with Crippen molar-refractivity contribution in [1.82, 2.24) is 0 Å². The molecule has 0 heterocycles. The third-order valence-corrected chi connectivity index (χ3v) is 1.51. The van der Waals surface area contributed by atoms with Gasteiger partial charge in [0, 0.05) is 0 Å². The Balaban J connectivity index is 2.05. The van der Waals surface area contributed by atoms with E-state index in [4.69, 9.17) is 4.74 Å². The molecule has 9 heavy (non-hydrogen) atoms. The van der Waals surface area contributed by atoms with E-state index in [9.17, 15) is 5.11 Å². The maximum absolute atomic E-state index is 9.25. The fourth-order valence-electron chi connectivity index (χ4n) is 0.610. The van der Waals surface area contributed by atoms with Gasteiger partial charge < -0.3 is 9.84 Å². The van der Waals surface area contributed by atoms with Crippen molar-refractivity contribution < 1.29 is 9.84 Å². The number of hydrogen-bond acceptors (Lipinski definition) is 2. The predicted molar refractivity (Wildman–Crippen MR) is 35.3 cm³/mol. The molecule has 0 radical (unpaired) electrons.